The van der Waals surface area contributed by atoms with Crippen molar-refractivity contribution in [2.75, 3.05) is 0 Å². The van der Waals surface area contributed by atoms with E-state index >= 15 is 0 Å². The van der Waals surface area contributed by atoms with Gasteiger partial charge >= 0.3 is 0 Å². The molecule has 170 valence electrons. The molecular formula is C28H46O2. The smallest absolute Gasteiger partial charge is 0.159 e. The minimum atomic E-state index is -0.290. The van der Waals surface area contributed by atoms with Crippen molar-refractivity contribution in [1.29, 1.82) is 0 Å². The van der Waals surface area contributed by atoms with Gasteiger partial charge in [0.2, 0.25) is 0 Å². The number of aliphatic hydroxyl groups is 1. The summed E-state index contributed by atoms with van der Waals surface area (Å²) in [5, 5.41) is 10.0. The molecule has 4 aliphatic rings. The largest absolute Gasteiger partial charge is 0.393 e. The SMILES string of the molecule is CC(O)CCC1(C)C(C)CCC2(C)C1C(=O)C=C1C3CC(C)CCC3(C)CC[C@]12C. The van der Waals surface area contributed by atoms with Gasteiger partial charge in [-0.1, -0.05) is 53.5 Å². The molecule has 0 radical (unpaired) electrons. The number of fused-ring (bicyclic) bond motifs is 5. The van der Waals surface area contributed by atoms with E-state index in [1.54, 1.807) is 0 Å². The van der Waals surface area contributed by atoms with Crippen LogP contribution in [0.1, 0.15) is 106 Å². The van der Waals surface area contributed by atoms with Crippen LogP contribution in [0.25, 0.3) is 0 Å². The second kappa shape index (κ2) is 7.19. The molecule has 0 spiro atoms. The van der Waals surface area contributed by atoms with Gasteiger partial charge in [-0.25, -0.2) is 0 Å². The van der Waals surface area contributed by atoms with Crippen LogP contribution in [0, 0.1) is 45.3 Å². The lowest BCUT2D eigenvalue weighted by Crippen LogP contribution is -2.62. The first-order chi connectivity index (χ1) is 13.9. The molecule has 4 aliphatic carbocycles. The van der Waals surface area contributed by atoms with Crippen LogP contribution in [-0.2, 0) is 4.79 Å². The van der Waals surface area contributed by atoms with E-state index in [4.69, 9.17) is 0 Å². The Morgan fingerprint density at radius 2 is 1.77 bits per heavy atom. The van der Waals surface area contributed by atoms with Crippen molar-refractivity contribution < 1.29 is 9.90 Å². The third-order valence-corrected chi connectivity index (χ3v) is 11.4. The molecule has 0 bridgehead atoms. The molecule has 3 saturated carbocycles. The molecule has 0 aromatic carbocycles. The van der Waals surface area contributed by atoms with Crippen LogP contribution in [0.15, 0.2) is 11.6 Å². The third-order valence-electron chi connectivity index (χ3n) is 11.4. The van der Waals surface area contributed by atoms with Gasteiger partial charge in [0.1, 0.15) is 0 Å². The van der Waals surface area contributed by atoms with Gasteiger partial charge in [-0.3, -0.25) is 4.79 Å². The molecule has 2 nitrogen and oxygen atoms in total. The molecule has 0 saturated heterocycles. The van der Waals surface area contributed by atoms with Crippen molar-refractivity contribution in [2.45, 2.75) is 112 Å². The Kier molecular flexibility index (Phi) is 5.41. The van der Waals surface area contributed by atoms with Crippen LogP contribution in [-0.4, -0.2) is 17.0 Å². The van der Waals surface area contributed by atoms with Crippen molar-refractivity contribution in [2.24, 2.45) is 45.3 Å². The number of aliphatic hydroxyl groups excluding tert-OH is 1. The fourth-order valence-electron chi connectivity index (χ4n) is 8.68. The van der Waals surface area contributed by atoms with Gasteiger partial charge in [-0.15, -0.1) is 0 Å². The molecule has 0 heterocycles. The highest BCUT2D eigenvalue weighted by molar-refractivity contribution is 5.95. The predicted octanol–water partition coefficient (Wildman–Crippen LogP) is 6.96. The Morgan fingerprint density at radius 1 is 1.07 bits per heavy atom. The monoisotopic (exact) mass is 414 g/mol. The van der Waals surface area contributed by atoms with E-state index in [0.29, 0.717) is 23.0 Å². The van der Waals surface area contributed by atoms with Crippen LogP contribution in [0.4, 0.5) is 0 Å². The van der Waals surface area contributed by atoms with Crippen molar-refractivity contribution in [3.8, 4) is 0 Å². The second-order valence-electron chi connectivity index (χ2n) is 13.1. The second-order valence-corrected chi connectivity index (χ2v) is 13.1. The van der Waals surface area contributed by atoms with Gasteiger partial charge in [-0.2, -0.15) is 0 Å². The first-order valence-electron chi connectivity index (χ1n) is 12.8. The lowest BCUT2D eigenvalue weighted by molar-refractivity contribution is -0.163. The number of carbonyl (C=O) groups excluding carboxylic acids is 1. The summed E-state index contributed by atoms with van der Waals surface area (Å²) in [6, 6.07) is 0. The van der Waals surface area contributed by atoms with E-state index < -0.39 is 0 Å². The van der Waals surface area contributed by atoms with Crippen LogP contribution >= 0.6 is 0 Å². The summed E-state index contributed by atoms with van der Waals surface area (Å²) < 4.78 is 0. The fourth-order valence-corrected chi connectivity index (χ4v) is 8.68. The molecule has 0 amide bonds. The predicted molar refractivity (Wildman–Crippen MR) is 124 cm³/mol. The Morgan fingerprint density at radius 3 is 2.43 bits per heavy atom. The van der Waals surface area contributed by atoms with Crippen molar-refractivity contribution in [1.82, 2.24) is 0 Å². The zero-order valence-corrected chi connectivity index (χ0v) is 20.7. The van der Waals surface area contributed by atoms with Gasteiger partial charge in [0.05, 0.1) is 6.10 Å². The molecule has 8 unspecified atom stereocenters. The molecule has 9 atom stereocenters. The van der Waals surface area contributed by atoms with Gasteiger partial charge in [0.25, 0.3) is 0 Å². The van der Waals surface area contributed by atoms with Gasteiger partial charge < -0.3 is 5.11 Å². The highest BCUT2D eigenvalue weighted by Crippen LogP contribution is 2.72. The average Bonchev–Trinajstić information content (AvgIpc) is 2.67. The molecule has 0 aliphatic heterocycles. The number of carbonyl (C=O) groups is 1. The van der Waals surface area contributed by atoms with E-state index in [0.717, 1.165) is 18.8 Å². The molecule has 0 aromatic rings. The van der Waals surface area contributed by atoms with Crippen molar-refractivity contribution >= 4 is 5.78 Å². The van der Waals surface area contributed by atoms with Crippen LogP contribution in [0.3, 0.4) is 0 Å². The molecule has 1 N–H and O–H groups in total. The number of hydrogen-bond acceptors (Lipinski definition) is 2. The zero-order valence-electron chi connectivity index (χ0n) is 20.7. The Hall–Kier alpha value is -0.630. The lowest BCUT2D eigenvalue weighted by Gasteiger charge is -2.67. The van der Waals surface area contributed by atoms with Gasteiger partial charge in [0, 0.05) is 5.92 Å². The van der Waals surface area contributed by atoms with Crippen molar-refractivity contribution in [3.05, 3.63) is 11.6 Å². The highest BCUT2D eigenvalue weighted by atomic mass is 16.3. The zero-order chi connectivity index (χ0) is 22.1. The molecule has 0 aromatic heterocycles. The quantitative estimate of drug-likeness (QED) is 0.542. The summed E-state index contributed by atoms with van der Waals surface area (Å²) in [5.74, 6) is 2.39. The summed E-state index contributed by atoms with van der Waals surface area (Å²) in [6.07, 6.45) is 12.5. The van der Waals surface area contributed by atoms with Gasteiger partial charge in [0.15, 0.2) is 5.78 Å². The Labute approximate surface area is 185 Å². The van der Waals surface area contributed by atoms with Crippen LogP contribution in [0.2, 0.25) is 0 Å². The minimum Gasteiger partial charge on any atom is -0.393 e. The lowest BCUT2D eigenvalue weighted by atomic mass is 9.36. The molecule has 4 rings (SSSR count). The first kappa shape index (κ1) is 22.6. The maximum atomic E-state index is 14.0. The average molecular weight is 415 g/mol. The van der Waals surface area contributed by atoms with E-state index in [9.17, 15) is 9.90 Å². The number of rotatable bonds is 3. The number of ketones is 1. The highest BCUT2D eigenvalue weighted by Gasteiger charge is 2.66. The summed E-state index contributed by atoms with van der Waals surface area (Å²) in [5.41, 5.74) is 2.07. The van der Waals surface area contributed by atoms with E-state index in [2.05, 4.69) is 47.6 Å². The summed E-state index contributed by atoms with van der Waals surface area (Å²) >= 11 is 0. The van der Waals surface area contributed by atoms with Crippen LogP contribution in [0.5, 0.6) is 0 Å². The normalized spacial score (nSPS) is 52.0. The molecular weight excluding hydrogens is 368 g/mol. The number of hydrogen-bond donors (Lipinski definition) is 1. The van der Waals surface area contributed by atoms with Crippen LogP contribution < -0.4 is 0 Å². The molecule has 3 fully saturated rings. The van der Waals surface area contributed by atoms with E-state index in [1.165, 1.54) is 50.5 Å². The fraction of sp³-hybridized carbons (Fsp3) is 0.893. The molecule has 2 heteroatoms. The van der Waals surface area contributed by atoms with E-state index in [1.807, 2.05) is 6.92 Å². The minimum absolute atomic E-state index is 0.0211. The van der Waals surface area contributed by atoms with Crippen molar-refractivity contribution in [3.63, 3.8) is 0 Å². The summed E-state index contributed by atoms with van der Waals surface area (Å²) in [7, 11) is 0. The van der Waals surface area contributed by atoms with E-state index in [-0.39, 0.29) is 28.3 Å². The summed E-state index contributed by atoms with van der Waals surface area (Å²) in [4.78, 5) is 14.0. The number of allylic oxidation sites excluding steroid dienone is 2. The maximum Gasteiger partial charge on any atom is 0.159 e. The molecule has 30 heavy (non-hydrogen) atoms. The first-order valence-corrected chi connectivity index (χ1v) is 12.8. The third kappa shape index (κ3) is 3.02. The standard InChI is InChI=1S/C28H46O2/c1-18-8-11-25(4)14-15-27(6)22(21(25)16-18)17-23(30)24-26(5,12-10-20(3)29)19(2)9-13-28(24,27)7/h17-21,24,29H,8-16H2,1-7H3/t18?,19?,20?,21?,24?,25?,26?,27-,28?/m1/s1. The van der Waals surface area contributed by atoms with Gasteiger partial charge in [-0.05, 0) is 104 Å². The topological polar surface area (TPSA) is 37.3 Å². The maximum absolute atomic E-state index is 14.0. The Balaban J connectivity index is 1.80. The summed E-state index contributed by atoms with van der Waals surface area (Å²) in [6.45, 7) is 16.6. The Bertz CT molecular complexity index is 737.